The Balaban J connectivity index is 0.000000613. The van der Waals surface area contributed by atoms with Gasteiger partial charge in [0.25, 0.3) is 6.47 Å². The van der Waals surface area contributed by atoms with E-state index in [0.29, 0.717) is 12.0 Å². The number of carbonyl (C=O) groups is 1. The van der Waals surface area contributed by atoms with Crippen molar-refractivity contribution in [3.8, 4) is 11.4 Å². The molecule has 6 nitrogen and oxygen atoms in total. The Bertz CT molecular complexity index is 805. The number of aromatic nitrogens is 3. The third-order valence-electron chi connectivity index (χ3n) is 4.47. The summed E-state index contributed by atoms with van der Waals surface area (Å²) in [6.45, 7) is 1.28. The van der Waals surface area contributed by atoms with Gasteiger partial charge in [0.2, 0.25) is 0 Å². The van der Waals surface area contributed by atoms with Gasteiger partial charge in [0.05, 0.1) is 19.3 Å². The van der Waals surface area contributed by atoms with Crippen LogP contribution in [-0.2, 0) is 16.0 Å². The molecule has 1 fully saturated rings. The average Bonchev–Trinajstić information content (AvgIpc) is 3.33. The SMILES string of the molecule is O=CO.c1ccc(-c2nccn2[C@@H]2COC[C@H]2Cc2ccncc2)cc1. The summed E-state index contributed by atoms with van der Waals surface area (Å²) in [7, 11) is 0. The first-order valence-corrected chi connectivity index (χ1v) is 8.46. The van der Waals surface area contributed by atoms with Gasteiger partial charge in [0.15, 0.2) is 0 Å². The molecule has 1 aliphatic rings. The molecule has 0 aliphatic carbocycles. The van der Waals surface area contributed by atoms with Crippen LogP contribution in [0.3, 0.4) is 0 Å². The highest BCUT2D eigenvalue weighted by molar-refractivity contribution is 5.55. The summed E-state index contributed by atoms with van der Waals surface area (Å²) in [4.78, 5) is 17.0. The minimum atomic E-state index is -0.250. The third kappa shape index (κ3) is 4.15. The van der Waals surface area contributed by atoms with Crippen molar-refractivity contribution in [2.45, 2.75) is 12.5 Å². The zero-order valence-corrected chi connectivity index (χ0v) is 14.3. The summed E-state index contributed by atoms with van der Waals surface area (Å²) in [5.74, 6) is 1.47. The molecule has 2 aromatic heterocycles. The molecule has 134 valence electrons. The number of nitrogens with zero attached hydrogens (tertiary/aromatic N) is 3. The van der Waals surface area contributed by atoms with Crippen molar-refractivity contribution in [2.75, 3.05) is 13.2 Å². The van der Waals surface area contributed by atoms with Crippen LogP contribution in [0.2, 0.25) is 0 Å². The molecule has 0 spiro atoms. The largest absolute Gasteiger partial charge is 0.483 e. The molecule has 0 amide bonds. The maximum absolute atomic E-state index is 8.36. The number of benzene rings is 1. The first-order chi connectivity index (χ1) is 12.8. The van der Waals surface area contributed by atoms with E-state index in [1.165, 1.54) is 5.56 Å². The molecule has 26 heavy (non-hydrogen) atoms. The summed E-state index contributed by atoms with van der Waals surface area (Å²) in [6, 6.07) is 14.8. The molecule has 0 saturated carbocycles. The van der Waals surface area contributed by atoms with E-state index in [9.17, 15) is 0 Å². The monoisotopic (exact) mass is 351 g/mol. The Kier molecular flexibility index (Phi) is 6.11. The van der Waals surface area contributed by atoms with Gasteiger partial charge >= 0.3 is 0 Å². The number of ether oxygens (including phenoxy) is 1. The normalized spacial score (nSPS) is 18.8. The predicted octanol–water partition coefficient (Wildman–Crippen LogP) is 3.08. The van der Waals surface area contributed by atoms with Crippen LogP contribution in [0.15, 0.2) is 67.3 Å². The van der Waals surface area contributed by atoms with E-state index in [2.05, 4.69) is 45.0 Å². The Morgan fingerprint density at radius 3 is 2.58 bits per heavy atom. The van der Waals surface area contributed by atoms with Crippen molar-refractivity contribution in [1.29, 1.82) is 0 Å². The first-order valence-electron chi connectivity index (χ1n) is 8.46. The van der Waals surface area contributed by atoms with Gasteiger partial charge in [0.1, 0.15) is 5.82 Å². The van der Waals surface area contributed by atoms with E-state index in [1.807, 2.05) is 36.8 Å². The molecule has 1 aliphatic heterocycles. The summed E-state index contributed by atoms with van der Waals surface area (Å²) < 4.78 is 8.06. The zero-order valence-electron chi connectivity index (χ0n) is 14.3. The second kappa shape index (κ2) is 8.92. The van der Waals surface area contributed by atoms with Crippen molar-refractivity contribution in [3.63, 3.8) is 0 Å². The van der Waals surface area contributed by atoms with E-state index in [-0.39, 0.29) is 6.47 Å². The summed E-state index contributed by atoms with van der Waals surface area (Å²) in [5, 5.41) is 6.89. The summed E-state index contributed by atoms with van der Waals surface area (Å²) in [5.41, 5.74) is 2.45. The van der Waals surface area contributed by atoms with Gasteiger partial charge < -0.3 is 14.4 Å². The number of pyridine rings is 1. The molecule has 2 atom stereocenters. The Hall–Kier alpha value is -2.99. The lowest BCUT2D eigenvalue weighted by molar-refractivity contribution is -0.122. The maximum atomic E-state index is 8.36. The molecule has 6 heteroatoms. The molecule has 3 heterocycles. The number of carboxylic acid groups (broad SMARTS) is 1. The van der Waals surface area contributed by atoms with Crippen LogP contribution in [0.25, 0.3) is 11.4 Å². The van der Waals surface area contributed by atoms with Crippen LogP contribution >= 0.6 is 0 Å². The van der Waals surface area contributed by atoms with Crippen LogP contribution in [0.5, 0.6) is 0 Å². The third-order valence-corrected chi connectivity index (χ3v) is 4.47. The smallest absolute Gasteiger partial charge is 0.290 e. The topological polar surface area (TPSA) is 77.2 Å². The summed E-state index contributed by atoms with van der Waals surface area (Å²) >= 11 is 0. The molecule has 3 aromatic rings. The van der Waals surface area contributed by atoms with E-state index < -0.39 is 0 Å². The Labute approximate surface area is 152 Å². The van der Waals surface area contributed by atoms with Gasteiger partial charge in [-0.3, -0.25) is 9.78 Å². The van der Waals surface area contributed by atoms with Crippen molar-refractivity contribution in [3.05, 3.63) is 72.8 Å². The predicted molar refractivity (Wildman–Crippen MR) is 97.6 cm³/mol. The highest BCUT2D eigenvalue weighted by atomic mass is 16.5. The average molecular weight is 351 g/mol. The molecular weight excluding hydrogens is 330 g/mol. The molecule has 1 aromatic carbocycles. The second-order valence-electron chi connectivity index (χ2n) is 6.05. The molecule has 0 bridgehead atoms. The molecule has 1 N–H and O–H groups in total. The molecule has 0 unspecified atom stereocenters. The molecule has 0 radical (unpaired) electrons. The number of imidazole rings is 1. The van der Waals surface area contributed by atoms with Gasteiger partial charge in [-0.1, -0.05) is 30.3 Å². The van der Waals surface area contributed by atoms with Crippen LogP contribution in [0.1, 0.15) is 11.6 Å². The Morgan fingerprint density at radius 2 is 1.85 bits per heavy atom. The van der Waals surface area contributed by atoms with Crippen LogP contribution in [0.4, 0.5) is 0 Å². The summed E-state index contributed by atoms with van der Waals surface area (Å²) in [6.07, 6.45) is 8.66. The molecule has 1 saturated heterocycles. The maximum Gasteiger partial charge on any atom is 0.290 e. The lowest BCUT2D eigenvalue weighted by Crippen LogP contribution is -2.20. The van der Waals surface area contributed by atoms with Crippen LogP contribution in [-0.4, -0.2) is 39.3 Å². The van der Waals surface area contributed by atoms with Crippen molar-refractivity contribution < 1.29 is 14.6 Å². The zero-order chi connectivity index (χ0) is 18.2. The second-order valence-corrected chi connectivity index (χ2v) is 6.05. The van der Waals surface area contributed by atoms with Gasteiger partial charge in [-0.25, -0.2) is 4.98 Å². The van der Waals surface area contributed by atoms with Gasteiger partial charge in [0, 0.05) is 36.3 Å². The number of rotatable bonds is 4. The minimum Gasteiger partial charge on any atom is -0.483 e. The fraction of sp³-hybridized carbons (Fsp3) is 0.250. The van der Waals surface area contributed by atoms with E-state index in [1.54, 1.807) is 0 Å². The standard InChI is InChI=1S/C19H19N3O.CH2O2/c1-2-4-16(5-3-1)19-21-10-11-22(19)18-14-23-13-17(18)12-15-6-8-20-9-7-15;2-1-3/h1-11,17-18H,12-14H2;1H,(H,2,3)/t17-,18-;/m1./s1. The van der Waals surface area contributed by atoms with Gasteiger partial charge in [-0.2, -0.15) is 0 Å². The van der Waals surface area contributed by atoms with Crippen molar-refractivity contribution in [1.82, 2.24) is 14.5 Å². The fourth-order valence-corrected chi connectivity index (χ4v) is 3.30. The van der Waals surface area contributed by atoms with Crippen molar-refractivity contribution >= 4 is 6.47 Å². The number of hydrogen-bond acceptors (Lipinski definition) is 4. The molecule has 4 rings (SSSR count). The van der Waals surface area contributed by atoms with Crippen molar-refractivity contribution in [2.24, 2.45) is 5.92 Å². The lowest BCUT2D eigenvalue weighted by Gasteiger charge is -2.21. The number of hydrogen-bond donors (Lipinski definition) is 1. The molecular formula is C20H21N3O3. The van der Waals surface area contributed by atoms with Crippen LogP contribution in [0, 0.1) is 5.92 Å². The van der Waals surface area contributed by atoms with Gasteiger partial charge in [-0.05, 0) is 24.1 Å². The Morgan fingerprint density at radius 1 is 1.12 bits per heavy atom. The lowest BCUT2D eigenvalue weighted by atomic mass is 9.95. The van der Waals surface area contributed by atoms with E-state index in [0.717, 1.165) is 31.0 Å². The minimum absolute atomic E-state index is 0.250. The van der Waals surface area contributed by atoms with Crippen LogP contribution < -0.4 is 0 Å². The fourth-order valence-electron chi connectivity index (χ4n) is 3.30. The highest BCUT2D eigenvalue weighted by Gasteiger charge is 2.31. The van der Waals surface area contributed by atoms with Gasteiger partial charge in [-0.15, -0.1) is 0 Å². The van der Waals surface area contributed by atoms with E-state index in [4.69, 9.17) is 14.6 Å². The quantitative estimate of drug-likeness (QED) is 0.731. The first kappa shape index (κ1) is 17.8. The van der Waals surface area contributed by atoms with E-state index >= 15 is 0 Å². The highest BCUT2D eigenvalue weighted by Crippen LogP contribution is 2.32.